The van der Waals surface area contributed by atoms with E-state index in [0.29, 0.717) is 5.75 Å². The van der Waals surface area contributed by atoms with Crippen LogP contribution in [0.3, 0.4) is 0 Å². The molecule has 20 heavy (non-hydrogen) atoms. The Balaban J connectivity index is 2.43. The average molecular weight is 296 g/mol. The van der Waals surface area contributed by atoms with Crippen LogP contribution in [0.5, 0.6) is 0 Å². The van der Waals surface area contributed by atoms with Gasteiger partial charge in [-0.3, -0.25) is 4.79 Å². The number of esters is 1. The molecule has 1 heterocycles. The van der Waals surface area contributed by atoms with Crippen LogP contribution < -0.4 is 5.32 Å². The molecule has 0 atom stereocenters. The monoisotopic (exact) mass is 296 g/mol. The molecule has 1 aromatic rings. The van der Waals surface area contributed by atoms with E-state index in [1.165, 1.54) is 0 Å². The van der Waals surface area contributed by atoms with Crippen molar-refractivity contribution in [1.29, 1.82) is 0 Å². The lowest BCUT2D eigenvalue weighted by Gasteiger charge is -2.19. The van der Waals surface area contributed by atoms with E-state index in [1.807, 2.05) is 32.9 Å². The van der Waals surface area contributed by atoms with E-state index in [9.17, 15) is 4.79 Å². The predicted octanol–water partition coefficient (Wildman–Crippen LogP) is 3.48. The Morgan fingerprint density at radius 3 is 2.85 bits per heavy atom. The van der Waals surface area contributed by atoms with Crippen LogP contribution in [0.25, 0.3) is 0 Å². The smallest absolute Gasteiger partial charge is 0.316 e. The molecule has 0 saturated heterocycles. The van der Waals surface area contributed by atoms with E-state index < -0.39 is 5.60 Å². The van der Waals surface area contributed by atoms with Crippen LogP contribution in [-0.4, -0.2) is 28.9 Å². The second-order valence-electron chi connectivity index (χ2n) is 5.52. The van der Waals surface area contributed by atoms with Crippen LogP contribution in [0.2, 0.25) is 0 Å². The number of nitrogens with zero attached hydrogens (tertiary/aromatic N) is 1. The highest BCUT2D eigenvalue weighted by Gasteiger charge is 2.16. The zero-order chi connectivity index (χ0) is 15.0. The van der Waals surface area contributed by atoms with Crippen molar-refractivity contribution in [2.75, 3.05) is 17.6 Å². The molecule has 1 N–H and O–H groups in total. The molecule has 0 aromatic carbocycles. The number of aromatic nitrogens is 1. The molecule has 1 aromatic heterocycles. The van der Waals surface area contributed by atoms with Gasteiger partial charge in [0.05, 0.1) is 5.75 Å². The topological polar surface area (TPSA) is 51.2 Å². The molecule has 0 aliphatic carbocycles. The van der Waals surface area contributed by atoms with Crippen LogP contribution in [-0.2, 0) is 15.3 Å². The first-order chi connectivity index (χ1) is 9.42. The first kappa shape index (κ1) is 16.8. The summed E-state index contributed by atoms with van der Waals surface area (Å²) in [6.07, 6.45) is 2.83. The third kappa shape index (κ3) is 6.80. The molecule has 0 amide bonds. The fourth-order valence-electron chi connectivity index (χ4n) is 1.57. The van der Waals surface area contributed by atoms with Gasteiger partial charge in [0.25, 0.3) is 0 Å². The Labute approximate surface area is 125 Å². The van der Waals surface area contributed by atoms with Gasteiger partial charge in [0, 0.05) is 24.1 Å². The molecule has 0 spiro atoms. The predicted molar refractivity (Wildman–Crippen MR) is 85.0 cm³/mol. The minimum absolute atomic E-state index is 0.172. The maximum absolute atomic E-state index is 11.6. The number of anilines is 1. The van der Waals surface area contributed by atoms with Crippen molar-refractivity contribution in [1.82, 2.24) is 4.98 Å². The van der Waals surface area contributed by atoms with Gasteiger partial charge < -0.3 is 10.1 Å². The molecular weight excluding hydrogens is 272 g/mol. The molecule has 1 rings (SSSR count). The van der Waals surface area contributed by atoms with Gasteiger partial charge >= 0.3 is 5.97 Å². The van der Waals surface area contributed by atoms with Gasteiger partial charge in [-0.15, -0.1) is 11.8 Å². The largest absolute Gasteiger partial charge is 0.459 e. The van der Waals surface area contributed by atoms with Gasteiger partial charge in [0.1, 0.15) is 11.4 Å². The van der Waals surface area contributed by atoms with E-state index >= 15 is 0 Å². The summed E-state index contributed by atoms with van der Waals surface area (Å²) in [6.45, 7) is 8.66. The summed E-state index contributed by atoms with van der Waals surface area (Å²) < 4.78 is 5.28. The van der Waals surface area contributed by atoms with E-state index in [0.717, 1.165) is 30.1 Å². The van der Waals surface area contributed by atoms with E-state index in [1.54, 1.807) is 18.0 Å². The molecule has 5 heteroatoms. The molecule has 4 nitrogen and oxygen atoms in total. The normalized spacial score (nSPS) is 11.2. The van der Waals surface area contributed by atoms with Crippen LogP contribution in [0, 0.1) is 0 Å². The highest BCUT2D eigenvalue weighted by molar-refractivity contribution is 7.99. The van der Waals surface area contributed by atoms with Crippen molar-refractivity contribution in [3.63, 3.8) is 0 Å². The minimum atomic E-state index is -0.417. The first-order valence-corrected chi connectivity index (χ1v) is 8.05. The van der Waals surface area contributed by atoms with Crippen LogP contribution in [0.4, 0.5) is 5.82 Å². The van der Waals surface area contributed by atoms with Crippen molar-refractivity contribution in [3.8, 4) is 0 Å². The van der Waals surface area contributed by atoms with Crippen LogP contribution in [0.15, 0.2) is 18.3 Å². The van der Waals surface area contributed by atoms with Crippen LogP contribution in [0.1, 0.15) is 39.7 Å². The Bertz CT molecular complexity index is 430. The van der Waals surface area contributed by atoms with Gasteiger partial charge in [0.15, 0.2) is 0 Å². The summed E-state index contributed by atoms with van der Waals surface area (Å²) in [7, 11) is 0. The van der Waals surface area contributed by atoms with E-state index in [2.05, 4.69) is 17.2 Å². The SMILES string of the molecule is CCCNc1ncccc1CSCC(=O)OC(C)(C)C. The van der Waals surface area contributed by atoms with Crippen molar-refractivity contribution in [2.24, 2.45) is 0 Å². The lowest BCUT2D eigenvalue weighted by atomic mass is 10.2. The number of pyridine rings is 1. The molecular formula is C15H24N2O2S. The standard InChI is InChI=1S/C15H24N2O2S/c1-5-8-16-14-12(7-6-9-17-14)10-20-11-13(18)19-15(2,3)4/h6-7,9H,5,8,10-11H2,1-4H3,(H,16,17). The molecule has 0 fully saturated rings. The molecule has 112 valence electrons. The Hall–Kier alpha value is -1.23. The molecule has 0 saturated carbocycles. The molecule has 0 unspecified atom stereocenters. The highest BCUT2D eigenvalue weighted by Crippen LogP contribution is 2.19. The zero-order valence-electron chi connectivity index (χ0n) is 12.7. The number of rotatable bonds is 7. The maximum atomic E-state index is 11.6. The third-order valence-electron chi connectivity index (χ3n) is 2.33. The molecule has 0 bridgehead atoms. The summed E-state index contributed by atoms with van der Waals surface area (Å²) in [6, 6.07) is 3.95. The average Bonchev–Trinajstić information content (AvgIpc) is 2.35. The van der Waals surface area contributed by atoms with Gasteiger partial charge in [-0.25, -0.2) is 4.98 Å². The van der Waals surface area contributed by atoms with Gasteiger partial charge in [-0.05, 0) is 33.3 Å². The summed E-state index contributed by atoms with van der Waals surface area (Å²) in [4.78, 5) is 16.0. The minimum Gasteiger partial charge on any atom is -0.459 e. The van der Waals surface area contributed by atoms with E-state index in [-0.39, 0.29) is 5.97 Å². The summed E-state index contributed by atoms with van der Waals surface area (Å²) in [5.41, 5.74) is 0.703. The van der Waals surface area contributed by atoms with Crippen molar-refractivity contribution in [2.45, 2.75) is 45.5 Å². The number of nitrogens with one attached hydrogen (secondary N) is 1. The summed E-state index contributed by atoms with van der Waals surface area (Å²) >= 11 is 1.55. The van der Waals surface area contributed by atoms with Crippen molar-refractivity contribution >= 4 is 23.5 Å². The lowest BCUT2D eigenvalue weighted by molar-refractivity contribution is -0.151. The van der Waals surface area contributed by atoms with E-state index in [4.69, 9.17) is 4.74 Å². The van der Waals surface area contributed by atoms with Crippen molar-refractivity contribution in [3.05, 3.63) is 23.9 Å². The molecule has 0 aliphatic heterocycles. The number of thioether (sulfide) groups is 1. The Morgan fingerprint density at radius 1 is 1.45 bits per heavy atom. The van der Waals surface area contributed by atoms with Gasteiger partial charge in [0.2, 0.25) is 0 Å². The first-order valence-electron chi connectivity index (χ1n) is 6.89. The molecule has 0 aliphatic rings. The quantitative estimate of drug-likeness (QED) is 0.781. The van der Waals surface area contributed by atoms with Gasteiger partial charge in [-0.2, -0.15) is 0 Å². The second kappa shape index (κ2) is 8.15. The fourth-order valence-corrected chi connectivity index (χ4v) is 2.35. The third-order valence-corrected chi connectivity index (χ3v) is 3.29. The summed E-state index contributed by atoms with van der Waals surface area (Å²) in [5.74, 6) is 1.85. The van der Waals surface area contributed by atoms with Crippen LogP contribution >= 0.6 is 11.8 Å². The number of hydrogen-bond acceptors (Lipinski definition) is 5. The number of carbonyl (C=O) groups is 1. The Kier molecular flexibility index (Phi) is 6.85. The molecule has 0 radical (unpaired) electrons. The second-order valence-corrected chi connectivity index (χ2v) is 6.50. The number of ether oxygens (including phenoxy) is 1. The Morgan fingerprint density at radius 2 is 2.20 bits per heavy atom. The fraction of sp³-hybridized carbons (Fsp3) is 0.600. The number of carbonyl (C=O) groups excluding carboxylic acids is 1. The zero-order valence-corrected chi connectivity index (χ0v) is 13.5. The van der Waals surface area contributed by atoms with Gasteiger partial charge in [-0.1, -0.05) is 13.0 Å². The number of hydrogen-bond donors (Lipinski definition) is 1. The maximum Gasteiger partial charge on any atom is 0.316 e. The summed E-state index contributed by atoms with van der Waals surface area (Å²) in [5, 5.41) is 3.30. The van der Waals surface area contributed by atoms with Crippen molar-refractivity contribution < 1.29 is 9.53 Å². The highest BCUT2D eigenvalue weighted by atomic mass is 32.2. The lowest BCUT2D eigenvalue weighted by Crippen LogP contribution is -2.24.